The summed E-state index contributed by atoms with van der Waals surface area (Å²) in [5.74, 6) is 0.749. The summed E-state index contributed by atoms with van der Waals surface area (Å²) in [6.07, 6.45) is -0.501. The molecule has 3 rings (SSSR count). The van der Waals surface area contributed by atoms with Crippen LogP contribution in [0.1, 0.15) is 38.0 Å². The molecule has 32 heavy (non-hydrogen) atoms. The first-order chi connectivity index (χ1) is 15.1. The highest BCUT2D eigenvalue weighted by molar-refractivity contribution is 6.74. The van der Waals surface area contributed by atoms with Gasteiger partial charge in [0.2, 0.25) is 0 Å². The van der Waals surface area contributed by atoms with Crippen molar-refractivity contribution in [3.05, 3.63) is 64.0 Å². The van der Waals surface area contributed by atoms with Gasteiger partial charge in [-0.05, 0) is 41.4 Å². The maximum absolute atomic E-state index is 12.1. The second-order valence-electron chi connectivity index (χ2n) is 9.25. The molecule has 170 valence electrons. The Balaban J connectivity index is 1.97. The number of ether oxygens (including phenoxy) is 2. The molecule has 2 aromatic carbocycles. The number of hydrogen-bond donors (Lipinski definition) is 1. The van der Waals surface area contributed by atoms with Gasteiger partial charge in [0, 0.05) is 10.5 Å². The molecule has 8 nitrogen and oxygen atoms in total. The highest BCUT2D eigenvalue weighted by Gasteiger charge is 2.40. The molecule has 1 heterocycles. The standard InChI is InChI=1S/C23H30N4O4Si/c1-23(2,3)32(4,5)31-19(13-25-27-24)17-11-12-18(21-22(17)30-15-20(28)26-21)29-14-16-9-7-6-8-10-16/h6-12,19H,13-15H2,1-5H3,(H,26,28)/t19-/m0/s1. The van der Waals surface area contributed by atoms with Crippen LogP contribution in [-0.4, -0.2) is 27.4 Å². The monoisotopic (exact) mass is 454 g/mol. The summed E-state index contributed by atoms with van der Waals surface area (Å²) >= 11 is 0. The third-order valence-corrected chi connectivity index (χ3v) is 10.4. The van der Waals surface area contributed by atoms with Gasteiger partial charge in [0.1, 0.15) is 18.0 Å². The molecule has 0 spiro atoms. The first kappa shape index (κ1) is 23.7. The number of amides is 1. The number of rotatable bonds is 8. The van der Waals surface area contributed by atoms with E-state index in [4.69, 9.17) is 19.4 Å². The molecule has 1 atom stereocenters. The van der Waals surface area contributed by atoms with E-state index in [9.17, 15) is 4.79 Å². The van der Waals surface area contributed by atoms with Crippen LogP contribution in [0, 0.1) is 0 Å². The third kappa shape index (κ3) is 5.42. The fourth-order valence-electron chi connectivity index (χ4n) is 3.12. The number of fused-ring (bicyclic) bond motifs is 1. The van der Waals surface area contributed by atoms with Crippen LogP contribution in [0.3, 0.4) is 0 Å². The van der Waals surface area contributed by atoms with E-state index in [1.165, 1.54) is 0 Å². The van der Waals surface area contributed by atoms with Gasteiger partial charge >= 0.3 is 0 Å². The predicted octanol–water partition coefficient (Wildman–Crippen LogP) is 5.97. The van der Waals surface area contributed by atoms with Crippen LogP contribution in [0.2, 0.25) is 18.1 Å². The van der Waals surface area contributed by atoms with Gasteiger partial charge in [-0.25, -0.2) is 0 Å². The predicted molar refractivity (Wildman–Crippen MR) is 126 cm³/mol. The second kappa shape index (κ2) is 9.64. The van der Waals surface area contributed by atoms with E-state index in [1.807, 2.05) is 36.4 Å². The molecule has 0 saturated heterocycles. The van der Waals surface area contributed by atoms with Crippen LogP contribution in [0.5, 0.6) is 11.5 Å². The average Bonchev–Trinajstić information content (AvgIpc) is 2.74. The minimum absolute atomic E-state index is 0.0323. The lowest BCUT2D eigenvalue weighted by Gasteiger charge is -2.39. The molecule has 2 aromatic rings. The summed E-state index contributed by atoms with van der Waals surface area (Å²) in [6, 6.07) is 13.4. The van der Waals surface area contributed by atoms with E-state index in [1.54, 1.807) is 6.07 Å². The van der Waals surface area contributed by atoms with E-state index in [-0.39, 0.29) is 24.1 Å². The molecule has 0 bridgehead atoms. The molecule has 0 unspecified atom stereocenters. The van der Waals surface area contributed by atoms with E-state index < -0.39 is 14.4 Å². The number of benzene rings is 2. The summed E-state index contributed by atoms with van der Waals surface area (Å²) in [7, 11) is -2.19. The highest BCUT2D eigenvalue weighted by atomic mass is 28.4. The maximum atomic E-state index is 12.1. The summed E-state index contributed by atoms with van der Waals surface area (Å²) in [5.41, 5.74) is 11.1. The van der Waals surface area contributed by atoms with Crippen molar-refractivity contribution in [1.82, 2.24) is 0 Å². The Kier molecular flexibility index (Phi) is 7.13. The molecular weight excluding hydrogens is 424 g/mol. The first-order valence-electron chi connectivity index (χ1n) is 10.6. The van der Waals surface area contributed by atoms with Gasteiger partial charge in [-0.1, -0.05) is 56.2 Å². The zero-order chi connectivity index (χ0) is 23.4. The van der Waals surface area contributed by atoms with Gasteiger partial charge in [-0.3, -0.25) is 4.79 Å². The molecule has 1 N–H and O–H groups in total. The molecular formula is C23H30N4O4Si. The number of hydrogen-bond acceptors (Lipinski definition) is 5. The molecule has 0 fully saturated rings. The first-order valence-corrected chi connectivity index (χ1v) is 13.5. The van der Waals surface area contributed by atoms with Crippen LogP contribution >= 0.6 is 0 Å². The Morgan fingerprint density at radius 2 is 1.94 bits per heavy atom. The van der Waals surface area contributed by atoms with Crippen molar-refractivity contribution >= 4 is 19.9 Å². The number of nitrogens with one attached hydrogen (secondary N) is 1. The molecule has 1 aliphatic rings. The van der Waals surface area contributed by atoms with Crippen molar-refractivity contribution < 1.29 is 18.7 Å². The average molecular weight is 455 g/mol. The van der Waals surface area contributed by atoms with Crippen molar-refractivity contribution in [1.29, 1.82) is 0 Å². The smallest absolute Gasteiger partial charge is 0.262 e. The van der Waals surface area contributed by atoms with Crippen molar-refractivity contribution in [2.24, 2.45) is 5.11 Å². The fourth-order valence-corrected chi connectivity index (χ4v) is 4.39. The lowest BCUT2D eigenvalue weighted by Crippen LogP contribution is -2.42. The topological polar surface area (TPSA) is 106 Å². The van der Waals surface area contributed by atoms with Crippen LogP contribution in [0.25, 0.3) is 10.4 Å². The quantitative estimate of drug-likeness (QED) is 0.229. The molecule has 1 aliphatic heterocycles. The lowest BCUT2D eigenvalue weighted by atomic mass is 10.1. The van der Waals surface area contributed by atoms with Crippen molar-refractivity contribution in [3.63, 3.8) is 0 Å². The van der Waals surface area contributed by atoms with Crippen LogP contribution in [0.15, 0.2) is 47.6 Å². The number of carbonyl (C=O) groups is 1. The third-order valence-electron chi connectivity index (χ3n) is 5.90. The number of azide groups is 1. The van der Waals surface area contributed by atoms with Crippen LogP contribution in [0.4, 0.5) is 5.69 Å². The van der Waals surface area contributed by atoms with Crippen molar-refractivity contribution in [2.75, 3.05) is 18.5 Å². The van der Waals surface area contributed by atoms with Crippen molar-refractivity contribution in [3.8, 4) is 11.5 Å². The van der Waals surface area contributed by atoms with Gasteiger partial charge in [0.05, 0.1) is 12.6 Å². The Hall–Kier alpha value is -3.00. The van der Waals surface area contributed by atoms with E-state index >= 15 is 0 Å². The normalized spacial score (nSPS) is 14.5. The summed E-state index contributed by atoms with van der Waals surface area (Å²) in [4.78, 5) is 15.0. The van der Waals surface area contributed by atoms with Gasteiger partial charge in [0.25, 0.3) is 5.91 Å². The minimum Gasteiger partial charge on any atom is -0.487 e. The lowest BCUT2D eigenvalue weighted by molar-refractivity contribution is -0.118. The minimum atomic E-state index is -2.19. The zero-order valence-electron chi connectivity index (χ0n) is 19.2. The van der Waals surface area contributed by atoms with E-state index in [0.29, 0.717) is 23.8 Å². The van der Waals surface area contributed by atoms with Crippen LogP contribution < -0.4 is 14.8 Å². The molecule has 9 heteroatoms. The molecule has 0 aromatic heterocycles. The second-order valence-corrected chi connectivity index (χ2v) is 14.0. The van der Waals surface area contributed by atoms with Crippen molar-refractivity contribution in [2.45, 2.75) is 51.6 Å². The SMILES string of the molecule is CC(C)(C)[Si](C)(C)O[C@@H](CN=[N+]=[N-])c1ccc(OCc2ccccc2)c2c1OCC(=O)N2. The molecule has 0 saturated carbocycles. The number of carbonyl (C=O) groups excluding carboxylic acids is 1. The van der Waals surface area contributed by atoms with E-state index in [2.05, 4.69) is 49.2 Å². The van der Waals surface area contributed by atoms with E-state index in [0.717, 1.165) is 11.1 Å². The number of anilines is 1. The molecule has 1 amide bonds. The van der Waals surface area contributed by atoms with Gasteiger partial charge in [-0.15, -0.1) is 0 Å². The fraction of sp³-hybridized carbons (Fsp3) is 0.435. The molecule has 0 aliphatic carbocycles. The maximum Gasteiger partial charge on any atom is 0.262 e. The largest absolute Gasteiger partial charge is 0.487 e. The van der Waals surface area contributed by atoms with Gasteiger partial charge in [0.15, 0.2) is 20.7 Å². The Labute approximate surface area is 189 Å². The van der Waals surface area contributed by atoms with Crippen LogP contribution in [-0.2, 0) is 15.8 Å². The highest BCUT2D eigenvalue weighted by Crippen LogP contribution is 2.46. The summed E-state index contributed by atoms with van der Waals surface area (Å²) < 4.78 is 18.4. The Morgan fingerprint density at radius 1 is 1.22 bits per heavy atom. The molecule has 0 radical (unpaired) electrons. The number of nitrogens with zero attached hydrogens (tertiary/aromatic N) is 3. The summed E-state index contributed by atoms with van der Waals surface area (Å²) in [5, 5.41) is 6.62. The summed E-state index contributed by atoms with van der Waals surface area (Å²) in [6.45, 7) is 11.1. The Bertz CT molecular complexity index is 1010. The van der Waals surface area contributed by atoms with Gasteiger partial charge < -0.3 is 19.2 Å². The van der Waals surface area contributed by atoms with Gasteiger partial charge in [-0.2, -0.15) is 0 Å². The zero-order valence-corrected chi connectivity index (χ0v) is 20.2. The Morgan fingerprint density at radius 3 is 2.59 bits per heavy atom.